The van der Waals surface area contributed by atoms with Gasteiger partial charge in [0.25, 0.3) is 0 Å². The zero-order valence-corrected chi connectivity index (χ0v) is 17.6. The maximum absolute atomic E-state index is 12.7. The summed E-state index contributed by atoms with van der Waals surface area (Å²) in [6.07, 6.45) is 0.123. The summed E-state index contributed by atoms with van der Waals surface area (Å²) in [6, 6.07) is 18.4. The Labute approximate surface area is 181 Å². The number of benzene rings is 2. The molecule has 0 saturated carbocycles. The van der Waals surface area contributed by atoms with Gasteiger partial charge in [0.05, 0.1) is 30.3 Å². The fourth-order valence-corrected chi connectivity index (χ4v) is 3.57. The first kappa shape index (κ1) is 22.1. The lowest BCUT2D eigenvalue weighted by Gasteiger charge is -2.26. The number of ether oxygens (including phenoxy) is 2. The van der Waals surface area contributed by atoms with E-state index in [1.165, 1.54) is 0 Å². The van der Waals surface area contributed by atoms with E-state index in [0.29, 0.717) is 0 Å². The van der Waals surface area contributed by atoms with Crippen LogP contribution >= 0.6 is 0 Å². The monoisotopic (exact) mass is 422 g/mol. The van der Waals surface area contributed by atoms with Gasteiger partial charge in [-0.2, -0.15) is 0 Å². The second-order valence-electron chi connectivity index (χ2n) is 7.17. The number of carbonyl (C=O) groups excluding carboxylic acids is 3. The molecule has 0 unspecified atom stereocenters. The largest absolute Gasteiger partial charge is 0.463 e. The minimum Gasteiger partial charge on any atom is -0.463 e. The molecule has 0 fully saturated rings. The van der Waals surface area contributed by atoms with Gasteiger partial charge in [0, 0.05) is 5.92 Å². The van der Waals surface area contributed by atoms with Gasteiger partial charge < -0.3 is 20.1 Å². The molecule has 31 heavy (non-hydrogen) atoms. The van der Waals surface area contributed by atoms with E-state index >= 15 is 0 Å². The molecule has 1 aliphatic heterocycles. The van der Waals surface area contributed by atoms with E-state index < -0.39 is 24.0 Å². The number of urea groups is 1. The van der Waals surface area contributed by atoms with E-state index in [1.807, 2.05) is 60.7 Å². The molecular formula is C24H26N2O5. The highest BCUT2D eigenvalue weighted by atomic mass is 16.5. The molecule has 7 heteroatoms. The summed E-state index contributed by atoms with van der Waals surface area (Å²) in [5, 5.41) is 5.17. The normalized spacial score (nSPS) is 15.8. The van der Waals surface area contributed by atoms with Crippen LogP contribution in [0.25, 0.3) is 0 Å². The van der Waals surface area contributed by atoms with E-state index in [-0.39, 0.29) is 36.8 Å². The summed E-state index contributed by atoms with van der Waals surface area (Å²) < 4.78 is 10.5. The summed E-state index contributed by atoms with van der Waals surface area (Å²) in [5.74, 6) is -1.16. The fourth-order valence-electron chi connectivity index (χ4n) is 3.57. The van der Waals surface area contributed by atoms with Gasteiger partial charge in [0.15, 0.2) is 0 Å². The van der Waals surface area contributed by atoms with Crippen LogP contribution in [0.2, 0.25) is 0 Å². The Morgan fingerprint density at radius 3 is 2.10 bits per heavy atom. The van der Waals surface area contributed by atoms with Crippen LogP contribution < -0.4 is 10.6 Å². The van der Waals surface area contributed by atoms with Crippen LogP contribution in [-0.2, 0) is 19.1 Å². The third kappa shape index (κ3) is 5.72. The second-order valence-corrected chi connectivity index (χ2v) is 7.17. The first-order valence-electron chi connectivity index (χ1n) is 10.2. The van der Waals surface area contributed by atoms with Gasteiger partial charge in [0.1, 0.15) is 6.61 Å². The summed E-state index contributed by atoms with van der Waals surface area (Å²) >= 11 is 0. The van der Waals surface area contributed by atoms with Crippen molar-refractivity contribution in [3.8, 4) is 0 Å². The number of esters is 2. The van der Waals surface area contributed by atoms with Crippen molar-refractivity contribution in [3.05, 3.63) is 83.1 Å². The SMILES string of the molecule is CCOC(=O)C1=C(COC(=O)CC(c2ccccc2)c2ccccc2)NC(=O)N[C@@H]1C. The molecule has 0 aromatic heterocycles. The lowest BCUT2D eigenvalue weighted by molar-refractivity contribution is -0.144. The van der Waals surface area contributed by atoms with Crippen LogP contribution in [0.5, 0.6) is 0 Å². The van der Waals surface area contributed by atoms with Gasteiger partial charge in [0.2, 0.25) is 0 Å². The van der Waals surface area contributed by atoms with Crippen LogP contribution in [0.4, 0.5) is 4.79 Å². The van der Waals surface area contributed by atoms with E-state index in [4.69, 9.17) is 9.47 Å². The van der Waals surface area contributed by atoms with Crippen molar-refractivity contribution in [3.63, 3.8) is 0 Å². The highest BCUT2D eigenvalue weighted by Crippen LogP contribution is 2.28. The number of amides is 2. The lowest BCUT2D eigenvalue weighted by atomic mass is 9.89. The molecule has 0 aliphatic carbocycles. The summed E-state index contributed by atoms with van der Waals surface area (Å²) in [6.45, 7) is 3.35. The molecule has 3 rings (SSSR count). The lowest BCUT2D eigenvalue weighted by Crippen LogP contribution is -2.50. The van der Waals surface area contributed by atoms with Gasteiger partial charge in [-0.3, -0.25) is 4.79 Å². The van der Waals surface area contributed by atoms with Crippen molar-refractivity contribution in [1.29, 1.82) is 0 Å². The summed E-state index contributed by atoms with van der Waals surface area (Å²) in [4.78, 5) is 36.9. The van der Waals surface area contributed by atoms with Gasteiger partial charge in [-0.05, 0) is 25.0 Å². The molecule has 0 bridgehead atoms. The zero-order valence-electron chi connectivity index (χ0n) is 17.6. The van der Waals surface area contributed by atoms with Crippen molar-refractivity contribution in [1.82, 2.24) is 10.6 Å². The first-order valence-corrected chi connectivity index (χ1v) is 10.2. The molecule has 2 aromatic carbocycles. The van der Waals surface area contributed by atoms with Crippen LogP contribution in [0.3, 0.4) is 0 Å². The molecular weight excluding hydrogens is 396 g/mol. The summed E-state index contributed by atoms with van der Waals surface area (Å²) in [7, 11) is 0. The molecule has 2 N–H and O–H groups in total. The molecule has 0 radical (unpaired) electrons. The Morgan fingerprint density at radius 2 is 1.55 bits per heavy atom. The van der Waals surface area contributed by atoms with Crippen molar-refractivity contribution in [2.75, 3.05) is 13.2 Å². The van der Waals surface area contributed by atoms with E-state index in [1.54, 1.807) is 13.8 Å². The molecule has 2 amide bonds. The molecule has 1 heterocycles. The minimum absolute atomic E-state index is 0.123. The summed E-state index contributed by atoms with van der Waals surface area (Å²) in [5.41, 5.74) is 2.48. The highest BCUT2D eigenvalue weighted by Gasteiger charge is 2.30. The van der Waals surface area contributed by atoms with E-state index in [2.05, 4.69) is 10.6 Å². The van der Waals surface area contributed by atoms with Crippen LogP contribution in [0.15, 0.2) is 71.9 Å². The Balaban J connectivity index is 1.75. The first-order chi connectivity index (χ1) is 15.0. The highest BCUT2D eigenvalue weighted by molar-refractivity contribution is 5.94. The smallest absolute Gasteiger partial charge is 0.338 e. The number of nitrogens with one attached hydrogen (secondary N) is 2. The quantitative estimate of drug-likeness (QED) is 0.637. The minimum atomic E-state index is -0.556. The van der Waals surface area contributed by atoms with Gasteiger partial charge in [-0.1, -0.05) is 60.7 Å². The van der Waals surface area contributed by atoms with Crippen molar-refractivity contribution in [2.24, 2.45) is 0 Å². The van der Waals surface area contributed by atoms with Crippen LogP contribution in [-0.4, -0.2) is 37.2 Å². The molecule has 0 spiro atoms. The predicted octanol–water partition coefficient (Wildman–Crippen LogP) is 3.27. The Kier molecular flexibility index (Phi) is 7.43. The van der Waals surface area contributed by atoms with Gasteiger partial charge in [-0.15, -0.1) is 0 Å². The van der Waals surface area contributed by atoms with E-state index in [9.17, 15) is 14.4 Å². The number of hydrogen-bond acceptors (Lipinski definition) is 5. The van der Waals surface area contributed by atoms with Gasteiger partial charge >= 0.3 is 18.0 Å². The van der Waals surface area contributed by atoms with Crippen molar-refractivity contribution < 1.29 is 23.9 Å². The Bertz CT molecular complexity index is 917. The molecule has 2 aromatic rings. The molecule has 1 atom stereocenters. The fraction of sp³-hybridized carbons (Fsp3) is 0.292. The topological polar surface area (TPSA) is 93.7 Å². The van der Waals surface area contributed by atoms with Gasteiger partial charge in [-0.25, -0.2) is 9.59 Å². The second kappa shape index (κ2) is 10.4. The van der Waals surface area contributed by atoms with Crippen LogP contribution in [0.1, 0.15) is 37.3 Å². The van der Waals surface area contributed by atoms with Crippen molar-refractivity contribution >= 4 is 18.0 Å². The number of hydrogen-bond donors (Lipinski definition) is 2. The number of carbonyl (C=O) groups is 3. The van der Waals surface area contributed by atoms with Crippen LogP contribution in [0, 0.1) is 0 Å². The molecule has 1 aliphatic rings. The molecule has 0 saturated heterocycles. The maximum atomic E-state index is 12.7. The third-order valence-corrected chi connectivity index (χ3v) is 5.02. The third-order valence-electron chi connectivity index (χ3n) is 5.02. The maximum Gasteiger partial charge on any atom is 0.338 e. The van der Waals surface area contributed by atoms with Crippen molar-refractivity contribution in [2.45, 2.75) is 32.2 Å². The zero-order chi connectivity index (χ0) is 22.2. The Morgan fingerprint density at radius 1 is 0.968 bits per heavy atom. The Hall–Kier alpha value is -3.61. The average molecular weight is 422 g/mol. The molecule has 162 valence electrons. The molecule has 7 nitrogen and oxygen atoms in total. The predicted molar refractivity (Wildman–Crippen MR) is 115 cm³/mol. The van der Waals surface area contributed by atoms with E-state index in [0.717, 1.165) is 11.1 Å². The average Bonchev–Trinajstić information content (AvgIpc) is 2.77. The standard InChI is InChI=1S/C24H26N2O5/c1-3-30-23(28)22-16(2)25-24(29)26-20(22)15-31-21(27)14-19(17-10-6-4-7-11-17)18-12-8-5-9-13-18/h4-13,16,19H,3,14-15H2,1-2H3,(H2,25,26,29)/t16-/m1/s1. The number of rotatable bonds is 8.